The largest absolute Gasteiger partial charge is 0.351 e. The van der Waals surface area contributed by atoms with Crippen molar-refractivity contribution in [2.75, 3.05) is 5.32 Å². The molecule has 6 heteroatoms. The van der Waals surface area contributed by atoms with Crippen LogP contribution in [0.4, 0.5) is 5.69 Å². The maximum Gasteiger partial charge on any atom is 0.237 e. The molecule has 3 rings (SSSR count). The van der Waals surface area contributed by atoms with Gasteiger partial charge in [-0.1, -0.05) is 38.8 Å². The van der Waals surface area contributed by atoms with Crippen molar-refractivity contribution in [3.8, 4) is 0 Å². The van der Waals surface area contributed by atoms with Crippen LogP contribution in [0.25, 0.3) is 0 Å². The van der Waals surface area contributed by atoms with Gasteiger partial charge in [0.05, 0.1) is 6.04 Å². The lowest BCUT2D eigenvalue weighted by atomic mass is 9.85. The van der Waals surface area contributed by atoms with Gasteiger partial charge in [-0.25, -0.2) is 0 Å². The van der Waals surface area contributed by atoms with Gasteiger partial charge < -0.3 is 16.0 Å². The van der Waals surface area contributed by atoms with Gasteiger partial charge in [0.15, 0.2) is 0 Å². The summed E-state index contributed by atoms with van der Waals surface area (Å²) >= 11 is 0. The fourth-order valence-electron chi connectivity index (χ4n) is 4.04. The first-order valence-corrected chi connectivity index (χ1v) is 10.0. The molecular formula is C21H32ClN3O2. The van der Waals surface area contributed by atoms with Gasteiger partial charge in [-0.3, -0.25) is 9.59 Å². The first kappa shape index (κ1) is 21.7. The lowest BCUT2D eigenvalue weighted by Crippen LogP contribution is -2.42. The zero-order chi connectivity index (χ0) is 18.5. The number of benzene rings is 1. The highest BCUT2D eigenvalue weighted by molar-refractivity contribution is 5.92. The van der Waals surface area contributed by atoms with Crippen LogP contribution in [0.2, 0.25) is 0 Å². The second kappa shape index (κ2) is 10.1. The summed E-state index contributed by atoms with van der Waals surface area (Å²) in [5.41, 5.74) is 1.78. The molecule has 0 aromatic heterocycles. The van der Waals surface area contributed by atoms with Crippen molar-refractivity contribution in [3.63, 3.8) is 0 Å². The summed E-state index contributed by atoms with van der Waals surface area (Å²) in [6, 6.07) is 8.17. The van der Waals surface area contributed by atoms with Crippen LogP contribution in [0, 0.1) is 11.8 Å². The van der Waals surface area contributed by atoms with E-state index in [1.807, 2.05) is 38.1 Å². The maximum absolute atomic E-state index is 12.5. The Morgan fingerprint density at radius 2 is 2.04 bits per heavy atom. The van der Waals surface area contributed by atoms with E-state index in [0.717, 1.165) is 24.1 Å². The number of amides is 2. The second-order valence-electron chi connectivity index (χ2n) is 7.82. The number of carbonyl (C=O) groups excluding carboxylic acids is 2. The van der Waals surface area contributed by atoms with Crippen LogP contribution in [0.3, 0.4) is 0 Å². The van der Waals surface area contributed by atoms with Crippen molar-refractivity contribution in [2.45, 2.75) is 71.0 Å². The van der Waals surface area contributed by atoms with Crippen molar-refractivity contribution < 1.29 is 9.59 Å². The Hall–Kier alpha value is -1.59. The molecule has 1 aliphatic carbocycles. The number of halogens is 1. The number of carbonyl (C=O) groups is 2. The summed E-state index contributed by atoms with van der Waals surface area (Å²) < 4.78 is 0. The van der Waals surface area contributed by atoms with Crippen molar-refractivity contribution in [1.82, 2.24) is 10.6 Å². The molecule has 0 spiro atoms. The summed E-state index contributed by atoms with van der Waals surface area (Å²) in [6.45, 7) is 4.41. The van der Waals surface area contributed by atoms with Gasteiger partial charge in [0.25, 0.3) is 0 Å². The summed E-state index contributed by atoms with van der Waals surface area (Å²) in [6.07, 6.45) is 6.80. The SMILES string of the molecule is CCC(C)C(=O)Nc1cccc(CNC(=O)C2CC3CCCCC3N2)c1.Cl. The van der Waals surface area contributed by atoms with Crippen molar-refractivity contribution in [1.29, 1.82) is 0 Å². The molecule has 1 saturated carbocycles. The average Bonchev–Trinajstić information content (AvgIpc) is 3.10. The van der Waals surface area contributed by atoms with Gasteiger partial charge in [0.2, 0.25) is 11.8 Å². The molecule has 1 heterocycles. The Morgan fingerprint density at radius 3 is 2.78 bits per heavy atom. The lowest BCUT2D eigenvalue weighted by molar-refractivity contribution is -0.123. The summed E-state index contributed by atoms with van der Waals surface area (Å²) in [7, 11) is 0. The van der Waals surface area contributed by atoms with Crippen LogP contribution >= 0.6 is 12.4 Å². The van der Waals surface area contributed by atoms with Gasteiger partial charge in [0.1, 0.15) is 0 Å². The van der Waals surface area contributed by atoms with Gasteiger partial charge in [-0.2, -0.15) is 0 Å². The van der Waals surface area contributed by atoms with Gasteiger partial charge in [-0.15, -0.1) is 12.4 Å². The van der Waals surface area contributed by atoms with E-state index in [1.54, 1.807) is 0 Å². The number of anilines is 1. The van der Waals surface area contributed by atoms with Crippen molar-refractivity contribution >= 4 is 29.9 Å². The quantitative estimate of drug-likeness (QED) is 0.691. The molecule has 4 unspecified atom stereocenters. The Bertz CT molecular complexity index is 638. The Labute approximate surface area is 168 Å². The zero-order valence-electron chi connectivity index (χ0n) is 16.3. The van der Waals surface area contributed by atoms with E-state index in [-0.39, 0.29) is 36.2 Å². The molecular weight excluding hydrogens is 362 g/mol. The predicted molar refractivity (Wildman–Crippen MR) is 111 cm³/mol. The van der Waals surface area contributed by atoms with Crippen LogP contribution in [-0.4, -0.2) is 23.9 Å². The zero-order valence-corrected chi connectivity index (χ0v) is 17.1. The molecule has 1 aliphatic heterocycles. The maximum atomic E-state index is 12.5. The number of hydrogen-bond donors (Lipinski definition) is 3. The highest BCUT2D eigenvalue weighted by Crippen LogP contribution is 2.33. The number of nitrogens with one attached hydrogen (secondary N) is 3. The third-order valence-electron chi connectivity index (χ3n) is 5.90. The molecule has 4 atom stereocenters. The second-order valence-corrected chi connectivity index (χ2v) is 7.82. The van der Waals surface area contributed by atoms with Crippen LogP contribution in [-0.2, 0) is 16.1 Å². The van der Waals surface area contributed by atoms with E-state index in [0.29, 0.717) is 18.5 Å². The van der Waals surface area contributed by atoms with Gasteiger partial charge in [0, 0.05) is 24.2 Å². The minimum Gasteiger partial charge on any atom is -0.351 e. The first-order valence-electron chi connectivity index (χ1n) is 10.0. The fraction of sp³-hybridized carbons (Fsp3) is 0.619. The van der Waals surface area contributed by atoms with E-state index < -0.39 is 0 Å². The average molecular weight is 394 g/mol. The Balaban J connectivity index is 0.00000261. The molecule has 2 fully saturated rings. The highest BCUT2D eigenvalue weighted by atomic mass is 35.5. The number of fused-ring (bicyclic) bond motifs is 1. The molecule has 2 aliphatic rings. The molecule has 0 radical (unpaired) electrons. The summed E-state index contributed by atoms with van der Waals surface area (Å²) in [4.78, 5) is 24.5. The molecule has 27 heavy (non-hydrogen) atoms. The van der Waals surface area contributed by atoms with Crippen molar-refractivity contribution in [3.05, 3.63) is 29.8 Å². The standard InChI is InChI=1S/C21H31N3O2.ClH/c1-3-14(2)20(25)23-17-9-6-7-15(11-17)13-22-21(26)19-12-16-8-4-5-10-18(16)24-19;/h6-7,9,11,14,16,18-19,24H,3-5,8,10,12-13H2,1-2H3,(H,22,26)(H,23,25);1H. The fourth-order valence-corrected chi connectivity index (χ4v) is 4.04. The lowest BCUT2D eigenvalue weighted by Gasteiger charge is -2.24. The van der Waals surface area contributed by atoms with E-state index in [9.17, 15) is 9.59 Å². The normalized spacial score (nSPS) is 25.0. The number of hydrogen-bond acceptors (Lipinski definition) is 3. The third-order valence-corrected chi connectivity index (χ3v) is 5.90. The molecule has 1 aromatic rings. The summed E-state index contributed by atoms with van der Waals surface area (Å²) in [5.74, 6) is 0.786. The predicted octanol–water partition coefficient (Wildman–Crippen LogP) is 3.63. The molecule has 0 bridgehead atoms. The highest BCUT2D eigenvalue weighted by Gasteiger charge is 2.37. The number of rotatable bonds is 6. The van der Waals surface area contributed by atoms with Gasteiger partial charge >= 0.3 is 0 Å². The molecule has 5 nitrogen and oxygen atoms in total. The topological polar surface area (TPSA) is 70.2 Å². The van der Waals surface area contributed by atoms with Crippen LogP contribution in [0.5, 0.6) is 0 Å². The van der Waals surface area contributed by atoms with Crippen LogP contribution < -0.4 is 16.0 Å². The Morgan fingerprint density at radius 1 is 1.26 bits per heavy atom. The molecule has 2 amide bonds. The molecule has 3 N–H and O–H groups in total. The molecule has 1 saturated heterocycles. The van der Waals surface area contributed by atoms with E-state index in [1.165, 1.54) is 25.7 Å². The van der Waals surface area contributed by atoms with Crippen LogP contribution in [0.1, 0.15) is 57.9 Å². The summed E-state index contributed by atoms with van der Waals surface area (Å²) in [5, 5.41) is 9.51. The van der Waals surface area contributed by atoms with E-state index >= 15 is 0 Å². The smallest absolute Gasteiger partial charge is 0.237 e. The van der Waals surface area contributed by atoms with E-state index in [2.05, 4.69) is 16.0 Å². The minimum absolute atomic E-state index is 0. The van der Waals surface area contributed by atoms with Gasteiger partial charge in [-0.05, 0) is 49.3 Å². The van der Waals surface area contributed by atoms with E-state index in [4.69, 9.17) is 0 Å². The molecule has 1 aromatic carbocycles. The van der Waals surface area contributed by atoms with Crippen LogP contribution in [0.15, 0.2) is 24.3 Å². The van der Waals surface area contributed by atoms with Crippen molar-refractivity contribution in [2.24, 2.45) is 11.8 Å². The molecule has 150 valence electrons. The minimum atomic E-state index is -0.0589. The third kappa shape index (κ3) is 5.69. The Kier molecular flexibility index (Phi) is 8.11. The monoisotopic (exact) mass is 393 g/mol. The first-order chi connectivity index (χ1) is 12.6.